The Morgan fingerprint density at radius 3 is 2.54 bits per heavy atom. The van der Waals surface area contributed by atoms with Gasteiger partial charge in [0.25, 0.3) is 0 Å². The maximum atomic E-state index is 13.2. The van der Waals surface area contributed by atoms with E-state index in [-0.39, 0.29) is 11.3 Å². The molecule has 0 aromatic heterocycles. The Bertz CT molecular complexity index is 705. The topological polar surface area (TPSA) is 38.7 Å². The summed E-state index contributed by atoms with van der Waals surface area (Å²) in [4.78, 5) is 0. The first-order valence-corrected chi connectivity index (χ1v) is 8.39. The highest BCUT2D eigenvalue weighted by Crippen LogP contribution is 2.40. The van der Waals surface area contributed by atoms with Gasteiger partial charge in [0.05, 0.1) is 12.7 Å². The van der Waals surface area contributed by atoms with Crippen LogP contribution in [0.3, 0.4) is 0 Å². The summed E-state index contributed by atoms with van der Waals surface area (Å²) in [6.45, 7) is 3.89. The second-order valence-corrected chi connectivity index (χ2v) is 6.06. The van der Waals surface area contributed by atoms with Crippen molar-refractivity contribution in [2.75, 3.05) is 13.7 Å². The fourth-order valence-corrected chi connectivity index (χ4v) is 3.14. The van der Waals surface area contributed by atoms with Gasteiger partial charge in [-0.15, -0.1) is 0 Å². The largest absolute Gasteiger partial charge is 0.508 e. The zero-order valence-electron chi connectivity index (χ0n) is 15.0. The number of halogens is 3. The van der Waals surface area contributed by atoms with Crippen molar-refractivity contribution in [3.8, 4) is 11.5 Å². The van der Waals surface area contributed by atoms with Crippen molar-refractivity contribution in [1.29, 1.82) is 0 Å². The van der Waals surface area contributed by atoms with Crippen LogP contribution in [-0.2, 0) is 4.74 Å². The number of aromatic hydroxyl groups is 1. The van der Waals surface area contributed by atoms with Crippen LogP contribution in [0, 0.1) is 5.92 Å². The summed E-state index contributed by atoms with van der Waals surface area (Å²) >= 11 is 0. The number of hydrogen-bond acceptors (Lipinski definition) is 3. The van der Waals surface area contributed by atoms with Gasteiger partial charge < -0.3 is 14.6 Å². The minimum Gasteiger partial charge on any atom is -0.508 e. The predicted octanol–water partition coefficient (Wildman–Crippen LogP) is 5.14. The smallest absolute Gasteiger partial charge is 0.409 e. The van der Waals surface area contributed by atoms with Gasteiger partial charge in [0.2, 0.25) is 0 Å². The van der Waals surface area contributed by atoms with Gasteiger partial charge in [0, 0.05) is 36.7 Å². The molecule has 0 bridgehead atoms. The summed E-state index contributed by atoms with van der Waals surface area (Å²) in [5.74, 6) is -0.864. The summed E-state index contributed by atoms with van der Waals surface area (Å²) in [6, 6.07) is 4.66. The van der Waals surface area contributed by atoms with Gasteiger partial charge >= 0.3 is 6.18 Å². The van der Waals surface area contributed by atoms with Gasteiger partial charge in [-0.05, 0) is 18.6 Å². The summed E-state index contributed by atoms with van der Waals surface area (Å²) in [5, 5.41) is 10.3. The molecule has 0 radical (unpaired) electrons. The third-order valence-electron chi connectivity index (χ3n) is 4.35. The van der Waals surface area contributed by atoms with Crippen LogP contribution in [0.15, 0.2) is 54.2 Å². The lowest BCUT2D eigenvalue weighted by atomic mass is 9.79. The minimum atomic E-state index is -4.47. The number of hydrogen-bond donors (Lipinski definition) is 1. The second kappa shape index (κ2) is 8.45. The molecule has 0 amide bonds. The Morgan fingerprint density at radius 1 is 1.27 bits per heavy atom. The van der Waals surface area contributed by atoms with Gasteiger partial charge in [0.15, 0.2) is 0 Å². The Balaban J connectivity index is 2.44. The molecule has 3 unspecified atom stereocenters. The van der Waals surface area contributed by atoms with Crippen LogP contribution < -0.4 is 4.74 Å². The molecule has 0 saturated heterocycles. The van der Waals surface area contributed by atoms with Crippen LogP contribution >= 0.6 is 0 Å². The number of methoxy groups -OCH3 is 1. The monoisotopic (exact) mass is 368 g/mol. The quantitative estimate of drug-likeness (QED) is 0.707. The second-order valence-electron chi connectivity index (χ2n) is 6.06. The molecule has 2 rings (SSSR count). The maximum Gasteiger partial charge on any atom is 0.409 e. The molecule has 142 valence electrons. The van der Waals surface area contributed by atoms with Crippen LogP contribution in [0.1, 0.15) is 25.3 Å². The Labute approximate surface area is 151 Å². The number of ether oxygens (including phenoxy) is 2. The number of phenolic OH excluding ortho intramolecular Hbond substituents is 1. The number of rotatable bonds is 6. The van der Waals surface area contributed by atoms with E-state index in [1.165, 1.54) is 13.2 Å². The van der Waals surface area contributed by atoms with E-state index in [4.69, 9.17) is 9.47 Å². The Morgan fingerprint density at radius 2 is 1.96 bits per heavy atom. The van der Waals surface area contributed by atoms with E-state index < -0.39 is 24.1 Å². The molecule has 0 fully saturated rings. The lowest BCUT2D eigenvalue weighted by Gasteiger charge is -2.30. The van der Waals surface area contributed by atoms with E-state index in [2.05, 4.69) is 0 Å². The first-order valence-electron chi connectivity index (χ1n) is 8.39. The highest BCUT2D eigenvalue weighted by atomic mass is 19.4. The minimum absolute atomic E-state index is 0.0965. The van der Waals surface area contributed by atoms with Crippen LogP contribution in [0.5, 0.6) is 11.5 Å². The van der Waals surface area contributed by atoms with E-state index in [1.54, 1.807) is 43.4 Å². The number of alkyl halides is 3. The molecule has 1 aromatic rings. The van der Waals surface area contributed by atoms with Crippen LogP contribution in [0.25, 0.3) is 0 Å². The Hall–Kier alpha value is -2.21. The van der Waals surface area contributed by atoms with E-state index in [9.17, 15) is 18.3 Å². The van der Waals surface area contributed by atoms with Crippen molar-refractivity contribution in [1.82, 2.24) is 0 Å². The molecule has 1 aromatic carbocycles. The molecular formula is C20H23F3O3. The molecule has 3 atom stereocenters. The first kappa shape index (κ1) is 20.1. The zero-order chi connectivity index (χ0) is 19.3. The molecule has 0 heterocycles. The highest BCUT2D eigenvalue weighted by molar-refractivity contribution is 5.46. The van der Waals surface area contributed by atoms with E-state index in [0.29, 0.717) is 24.0 Å². The van der Waals surface area contributed by atoms with Crippen molar-refractivity contribution < 1.29 is 27.8 Å². The van der Waals surface area contributed by atoms with E-state index in [1.807, 2.05) is 6.92 Å². The lowest BCUT2D eigenvalue weighted by Crippen LogP contribution is -2.26. The fraction of sp³-hybridized carbons (Fsp3) is 0.400. The van der Waals surface area contributed by atoms with Crippen molar-refractivity contribution in [2.24, 2.45) is 5.92 Å². The molecule has 1 N–H and O–H groups in total. The molecule has 1 aliphatic rings. The number of allylic oxidation sites excluding steroid dienone is 3. The Kier molecular flexibility index (Phi) is 6.53. The van der Waals surface area contributed by atoms with Crippen molar-refractivity contribution >= 4 is 0 Å². The third-order valence-corrected chi connectivity index (χ3v) is 4.35. The highest BCUT2D eigenvalue weighted by Gasteiger charge is 2.33. The molecule has 26 heavy (non-hydrogen) atoms. The van der Waals surface area contributed by atoms with Gasteiger partial charge in [-0.1, -0.05) is 37.3 Å². The number of phenols is 1. The fourth-order valence-electron chi connectivity index (χ4n) is 3.14. The van der Waals surface area contributed by atoms with E-state index in [0.717, 1.165) is 0 Å². The molecule has 0 aliphatic heterocycles. The summed E-state index contributed by atoms with van der Waals surface area (Å²) in [7, 11) is 1.46. The SMILES string of the molecule is CCOc1ccc(C(C)/C(=C/C(F)(F)F)C2C=CC=CC2OC)c(O)c1. The average molecular weight is 368 g/mol. The zero-order valence-corrected chi connectivity index (χ0v) is 15.0. The van der Waals surface area contributed by atoms with Crippen molar-refractivity contribution in [3.05, 3.63) is 59.7 Å². The molecular weight excluding hydrogens is 345 g/mol. The van der Waals surface area contributed by atoms with Gasteiger partial charge in [-0.3, -0.25) is 0 Å². The summed E-state index contributed by atoms with van der Waals surface area (Å²) in [6.07, 6.45) is 2.20. The van der Waals surface area contributed by atoms with Crippen molar-refractivity contribution in [3.63, 3.8) is 0 Å². The van der Waals surface area contributed by atoms with Gasteiger partial charge in [-0.2, -0.15) is 13.2 Å². The molecule has 1 aliphatic carbocycles. The summed E-state index contributed by atoms with van der Waals surface area (Å²) in [5.41, 5.74) is 0.533. The normalized spacial score (nSPS) is 21.7. The number of benzene rings is 1. The van der Waals surface area contributed by atoms with Gasteiger partial charge in [-0.25, -0.2) is 0 Å². The summed E-state index contributed by atoms with van der Waals surface area (Å²) < 4.78 is 50.2. The molecule has 6 heteroatoms. The lowest BCUT2D eigenvalue weighted by molar-refractivity contribution is -0.0813. The molecule has 0 saturated carbocycles. The van der Waals surface area contributed by atoms with Crippen LogP contribution in [0.4, 0.5) is 13.2 Å². The third kappa shape index (κ3) is 4.91. The molecule has 3 nitrogen and oxygen atoms in total. The van der Waals surface area contributed by atoms with Crippen LogP contribution in [-0.4, -0.2) is 31.1 Å². The van der Waals surface area contributed by atoms with Gasteiger partial charge in [0.1, 0.15) is 11.5 Å². The molecule has 0 spiro atoms. The predicted molar refractivity (Wildman–Crippen MR) is 94.4 cm³/mol. The first-order chi connectivity index (χ1) is 12.3. The van der Waals surface area contributed by atoms with E-state index >= 15 is 0 Å². The average Bonchev–Trinajstić information content (AvgIpc) is 2.59. The maximum absolute atomic E-state index is 13.2. The standard InChI is InChI=1S/C20H23F3O3/c1-4-26-14-9-10-15(18(24)11-14)13(2)17(12-20(21,22)23)16-7-5-6-8-19(16)25-3/h5-13,16,19,24H,4H2,1-3H3/b17-12-. The van der Waals surface area contributed by atoms with Crippen LogP contribution in [0.2, 0.25) is 0 Å². The van der Waals surface area contributed by atoms with Crippen molar-refractivity contribution in [2.45, 2.75) is 32.0 Å².